The maximum absolute atomic E-state index is 8.81. The molecule has 0 radical (unpaired) electrons. The Kier molecular flexibility index (Phi) is 4.96. The molecule has 1 unspecified atom stereocenters. The van der Waals surface area contributed by atoms with Gasteiger partial charge in [0.1, 0.15) is 0 Å². The van der Waals surface area contributed by atoms with Crippen molar-refractivity contribution in [2.45, 2.75) is 33.2 Å². The lowest BCUT2D eigenvalue weighted by Gasteiger charge is -2.30. The fraction of sp³-hybridized carbons (Fsp3) is 0.800. The van der Waals surface area contributed by atoms with Gasteiger partial charge in [-0.05, 0) is 11.8 Å². The third kappa shape index (κ3) is 4.38. The molecule has 0 aromatic rings. The van der Waals surface area contributed by atoms with Gasteiger partial charge < -0.3 is 10.4 Å². The second-order valence-electron chi connectivity index (χ2n) is 4.02. The van der Waals surface area contributed by atoms with E-state index in [4.69, 9.17) is 11.5 Å². The number of aliphatic hydroxyl groups excluding tert-OH is 1. The summed E-state index contributed by atoms with van der Waals surface area (Å²) in [6.07, 6.45) is 5.90. The van der Waals surface area contributed by atoms with Gasteiger partial charge in [0.25, 0.3) is 0 Å². The van der Waals surface area contributed by atoms with Gasteiger partial charge in [-0.1, -0.05) is 26.7 Å². The molecular formula is C10H19NO. The highest BCUT2D eigenvalue weighted by molar-refractivity contribution is 4.90. The standard InChI is InChI=1S/C10H19NO/c1-5-7-11-9(6-8-12)10(2,3)4/h1,9,11-12H,6-8H2,2-4H3. The zero-order chi connectivity index (χ0) is 9.61. The summed E-state index contributed by atoms with van der Waals surface area (Å²) in [4.78, 5) is 0. The van der Waals surface area contributed by atoms with Gasteiger partial charge in [0, 0.05) is 12.6 Å². The van der Waals surface area contributed by atoms with Crippen molar-refractivity contribution in [1.82, 2.24) is 5.32 Å². The molecule has 70 valence electrons. The summed E-state index contributed by atoms with van der Waals surface area (Å²) in [5.74, 6) is 2.54. The summed E-state index contributed by atoms with van der Waals surface area (Å²) in [6.45, 7) is 7.19. The molecule has 0 aromatic carbocycles. The van der Waals surface area contributed by atoms with Crippen LogP contribution in [0.1, 0.15) is 27.2 Å². The minimum absolute atomic E-state index is 0.152. The first-order valence-electron chi connectivity index (χ1n) is 4.30. The highest BCUT2D eigenvalue weighted by atomic mass is 16.3. The molecule has 0 fully saturated rings. The molecule has 1 atom stereocenters. The zero-order valence-corrected chi connectivity index (χ0v) is 8.22. The van der Waals surface area contributed by atoms with Crippen LogP contribution in [0.4, 0.5) is 0 Å². The van der Waals surface area contributed by atoms with E-state index in [0.29, 0.717) is 12.6 Å². The van der Waals surface area contributed by atoms with E-state index in [-0.39, 0.29) is 12.0 Å². The second-order valence-corrected chi connectivity index (χ2v) is 4.02. The fourth-order valence-corrected chi connectivity index (χ4v) is 1.15. The molecule has 2 nitrogen and oxygen atoms in total. The van der Waals surface area contributed by atoms with Crippen LogP contribution in [0.2, 0.25) is 0 Å². The molecule has 0 spiro atoms. The van der Waals surface area contributed by atoms with E-state index in [1.54, 1.807) is 0 Å². The Morgan fingerprint density at radius 2 is 2.08 bits per heavy atom. The van der Waals surface area contributed by atoms with Crippen molar-refractivity contribution in [3.05, 3.63) is 0 Å². The SMILES string of the molecule is C#CCNC(CCO)C(C)(C)C. The Balaban J connectivity index is 3.97. The van der Waals surface area contributed by atoms with E-state index >= 15 is 0 Å². The van der Waals surface area contributed by atoms with Crippen molar-refractivity contribution < 1.29 is 5.11 Å². The number of nitrogens with one attached hydrogen (secondary N) is 1. The van der Waals surface area contributed by atoms with Crippen LogP contribution in [0.15, 0.2) is 0 Å². The van der Waals surface area contributed by atoms with E-state index in [1.165, 1.54) is 0 Å². The summed E-state index contributed by atoms with van der Waals surface area (Å²) >= 11 is 0. The third-order valence-corrected chi connectivity index (χ3v) is 1.91. The molecule has 0 saturated heterocycles. The van der Waals surface area contributed by atoms with Crippen molar-refractivity contribution in [1.29, 1.82) is 0 Å². The number of aliphatic hydroxyl groups is 1. The molecular weight excluding hydrogens is 150 g/mol. The molecule has 0 aliphatic heterocycles. The molecule has 0 aliphatic rings. The highest BCUT2D eigenvalue weighted by Gasteiger charge is 2.22. The normalized spacial score (nSPS) is 13.9. The van der Waals surface area contributed by atoms with Crippen LogP contribution >= 0.6 is 0 Å². The summed E-state index contributed by atoms with van der Waals surface area (Å²) in [5.41, 5.74) is 0.152. The Morgan fingerprint density at radius 1 is 1.50 bits per heavy atom. The van der Waals surface area contributed by atoms with E-state index < -0.39 is 0 Å². The lowest BCUT2D eigenvalue weighted by Crippen LogP contribution is -2.41. The quantitative estimate of drug-likeness (QED) is 0.615. The molecule has 2 N–H and O–H groups in total. The molecule has 0 heterocycles. The van der Waals surface area contributed by atoms with Gasteiger partial charge in [0.15, 0.2) is 0 Å². The highest BCUT2D eigenvalue weighted by Crippen LogP contribution is 2.21. The van der Waals surface area contributed by atoms with Crippen molar-refractivity contribution in [2.75, 3.05) is 13.2 Å². The van der Waals surface area contributed by atoms with Crippen LogP contribution in [0, 0.1) is 17.8 Å². The third-order valence-electron chi connectivity index (χ3n) is 1.91. The monoisotopic (exact) mass is 169 g/mol. The predicted molar refractivity (Wildman–Crippen MR) is 51.8 cm³/mol. The van der Waals surface area contributed by atoms with E-state index in [1.807, 2.05) is 0 Å². The topological polar surface area (TPSA) is 32.3 Å². The number of terminal acetylenes is 1. The van der Waals surface area contributed by atoms with E-state index in [2.05, 4.69) is 32.0 Å². The van der Waals surface area contributed by atoms with Crippen LogP contribution in [-0.4, -0.2) is 24.3 Å². The molecule has 0 aliphatic carbocycles. The molecule has 0 rings (SSSR count). The number of hydrogen-bond donors (Lipinski definition) is 2. The first kappa shape index (κ1) is 11.5. The number of hydrogen-bond acceptors (Lipinski definition) is 2. The fourth-order valence-electron chi connectivity index (χ4n) is 1.15. The molecule has 0 saturated carbocycles. The van der Waals surface area contributed by atoms with Crippen molar-refractivity contribution in [2.24, 2.45) is 5.41 Å². The lowest BCUT2D eigenvalue weighted by molar-refractivity contribution is 0.202. The van der Waals surface area contributed by atoms with Gasteiger partial charge in [0.05, 0.1) is 6.54 Å². The average molecular weight is 169 g/mol. The maximum Gasteiger partial charge on any atom is 0.0576 e. The van der Waals surface area contributed by atoms with Crippen molar-refractivity contribution >= 4 is 0 Å². The van der Waals surface area contributed by atoms with Gasteiger partial charge in [0.2, 0.25) is 0 Å². The summed E-state index contributed by atoms with van der Waals surface area (Å²) in [5, 5.41) is 12.0. The Labute approximate surface area is 75.4 Å². The summed E-state index contributed by atoms with van der Waals surface area (Å²) in [6, 6.07) is 0.290. The largest absolute Gasteiger partial charge is 0.396 e. The van der Waals surface area contributed by atoms with Gasteiger partial charge in [-0.25, -0.2) is 0 Å². The van der Waals surface area contributed by atoms with Crippen LogP contribution in [0.5, 0.6) is 0 Å². The molecule has 2 heteroatoms. The smallest absolute Gasteiger partial charge is 0.0576 e. The van der Waals surface area contributed by atoms with Gasteiger partial charge in [-0.2, -0.15) is 0 Å². The van der Waals surface area contributed by atoms with Crippen molar-refractivity contribution in [3.63, 3.8) is 0 Å². The molecule has 12 heavy (non-hydrogen) atoms. The van der Waals surface area contributed by atoms with Gasteiger partial charge in [-0.15, -0.1) is 6.42 Å². The minimum Gasteiger partial charge on any atom is -0.396 e. The summed E-state index contributed by atoms with van der Waals surface area (Å²) < 4.78 is 0. The zero-order valence-electron chi connectivity index (χ0n) is 8.22. The maximum atomic E-state index is 8.81. The Bertz CT molecular complexity index is 152. The van der Waals surface area contributed by atoms with Crippen LogP contribution in [0.3, 0.4) is 0 Å². The predicted octanol–water partition coefficient (Wildman–Crippen LogP) is 1.01. The van der Waals surface area contributed by atoms with Gasteiger partial charge in [-0.3, -0.25) is 0 Å². The van der Waals surface area contributed by atoms with E-state index in [9.17, 15) is 0 Å². The first-order chi connectivity index (χ1) is 5.52. The van der Waals surface area contributed by atoms with Crippen molar-refractivity contribution in [3.8, 4) is 12.3 Å². The van der Waals surface area contributed by atoms with Gasteiger partial charge >= 0.3 is 0 Å². The Hall–Kier alpha value is -0.520. The van der Waals surface area contributed by atoms with Crippen LogP contribution in [-0.2, 0) is 0 Å². The van der Waals surface area contributed by atoms with E-state index in [0.717, 1.165) is 6.42 Å². The molecule has 0 amide bonds. The first-order valence-corrected chi connectivity index (χ1v) is 4.30. The minimum atomic E-state index is 0.152. The average Bonchev–Trinajstić information content (AvgIpc) is 1.95. The summed E-state index contributed by atoms with van der Waals surface area (Å²) in [7, 11) is 0. The molecule has 0 bridgehead atoms. The van der Waals surface area contributed by atoms with Crippen LogP contribution < -0.4 is 5.32 Å². The second kappa shape index (κ2) is 5.18. The Morgan fingerprint density at radius 3 is 2.42 bits per heavy atom. The molecule has 0 aromatic heterocycles. The number of rotatable bonds is 4. The van der Waals surface area contributed by atoms with Crippen LogP contribution in [0.25, 0.3) is 0 Å². The lowest BCUT2D eigenvalue weighted by atomic mass is 9.85.